The molecule has 0 aliphatic carbocycles. The average Bonchev–Trinajstić information content (AvgIpc) is 3.06. The van der Waals surface area contributed by atoms with Gasteiger partial charge in [0.2, 0.25) is 5.89 Å². The first kappa shape index (κ1) is 14.7. The third kappa shape index (κ3) is 3.25. The minimum Gasteiger partial charge on any atom is -0.339 e. The van der Waals surface area contributed by atoms with Crippen LogP contribution in [0.3, 0.4) is 0 Å². The molecule has 0 saturated carbocycles. The Morgan fingerprint density at radius 1 is 1.50 bits per heavy atom. The van der Waals surface area contributed by atoms with E-state index in [-0.39, 0.29) is 5.91 Å². The number of hydrogen-bond acceptors (Lipinski definition) is 5. The number of thiophene rings is 1. The van der Waals surface area contributed by atoms with E-state index >= 15 is 0 Å². The van der Waals surface area contributed by atoms with Gasteiger partial charge in [-0.3, -0.25) is 4.79 Å². The maximum absolute atomic E-state index is 12.3. The van der Waals surface area contributed by atoms with Gasteiger partial charge >= 0.3 is 0 Å². The fourth-order valence-corrected chi connectivity index (χ4v) is 2.67. The molecule has 0 fully saturated rings. The van der Waals surface area contributed by atoms with E-state index in [0.717, 1.165) is 5.56 Å². The lowest BCUT2D eigenvalue weighted by Gasteiger charge is -2.13. The molecule has 0 aliphatic heterocycles. The highest BCUT2D eigenvalue weighted by molar-refractivity contribution is 7.10. The van der Waals surface area contributed by atoms with Crippen LogP contribution >= 0.6 is 11.3 Å². The van der Waals surface area contributed by atoms with Crippen molar-refractivity contribution >= 4 is 17.2 Å². The van der Waals surface area contributed by atoms with Gasteiger partial charge < -0.3 is 9.42 Å². The standard InChI is InChI=1S/C14H19N3O2S/c1-5-13-15-12(16-19-13)7-17(4)14(18)10-6-11(9(2)3)20-8-10/h6,8-9H,5,7H2,1-4H3. The van der Waals surface area contributed by atoms with Crippen molar-refractivity contribution in [3.63, 3.8) is 0 Å². The molecular formula is C14H19N3O2S. The van der Waals surface area contributed by atoms with Crippen LogP contribution in [-0.2, 0) is 13.0 Å². The molecule has 2 aromatic heterocycles. The monoisotopic (exact) mass is 293 g/mol. The number of amides is 1. The summed E-state index contributed by atoms with van der Waals surface area (Å²) in [6, 6.07) is 1.96. The van der Waals surface area contributed by atoms with Crippen molar-refractivity contribution in [2.24, 2.45) is 0 Å². The summed E-state index contributed by atoms with van der Waals surface area (Å²) in [4.78, 5) is 19.3. The summed E-state index contributed by atoms with van der Waals surface area (Å²) >= 11 is 1.62. The topological polar surface area (TPSA) is 59.2 Å². The number of aryl methyl sites for hydroxylation is 1. The molecule has 0 N–H and O–H groups in total. The molecule has 108 valence electrons. The largest absolute Gasteiger partial charge is 0.339 e. The fourth-order valence-electron chi connectivity index (χ4n) is 1.77. The van der Waals surface area contributed by atoms with Crippen molar-refractivity contribution in [3.05, 3.63) is 33.6 Å². The van der Waals surface area contributed by atoms with Gasteiger partial charge in [0.15, 0.2) is 5.82 Å². The Hall–Kier alpha value is -1.69. The first-order chi connectivity index (χ1) is 9.51. The average molecular weight is 293 g/mol. The molecule has 0 spiro atoms. The smallest absolute Gasteiger partial charge is 0.254 e. The Balaban J connectivity index is 2.03. The lowest BCUT2D eigenvalue weighted by Crippen LogP contribution is -2.26. The van der Waals surface area contributed by atoms with Gasteiger partial charge in [-0.1, -0.05) is 25.9 Å². The summed E-state index contributed by atoms with van der Waals surface area (Å²) in [6.07, 6.45) is 0.701. The second kappa shape index (κ2) is 6.17. The van der Waals surface area contributed by atoms with Crippen molar-refractivity contribution in [2.75, 3.05) is 7.05 Å². The van der Waals surface area contributed by atoms with Crippen LogP contribution in [0.15, 0.2) is 16.0 Å². The third-order valence-electron chi connectivity index (χ3n) is 2.97. The van der Waals surface area contributed by atoms with Gasteiger partial charge in [0.05, 0.1) is 12.1 Å². The van der Waals surface area contributed by atoms with Crippen LogP contribution in [0, 0.1) is 0 Å². The molecule has 0 unspecified atom stereocenters. The zero-order valence-electron chi connectivity index (χ0n) is 12.2. The van der Waals surface area contributed by atoms with Gasteiger partial charge in [-0.15, -0.1) is 11.3 Å². The van der Waals surface area contributed by atoms with Crippen LogP contribution in [0.2, 0.25) is 0 Å². The molecule has 5 nitrogen and oxygen atoms in total. The molecule has 0 aromatic carbocycles. The molecule has 0 aliphatic rings. The van der Waals surface area contributed by atoms with E-state index in [0.29, 0.717) is 30.6 Å². The van der Waals surface area contributed by atoms with E-state index in [1.165, 1.54) is 4.88 Å². The molecule has 0 radical (unpaired) electrons. The number of rotatable bonds is 5. The molecule has 20 heavy (non-hydrogen) atoms. The molecule has 2 aromatic rings. The van der Waals surface area contributed by atoms with E-state index in [9.17, 15) is 4.79 Å². The normalized spacial score (nSPS) is 11.1. The van der Waals surface area contributed by atoms with Gasteiger partial charge in [-0.05, 0) is 12.0 Å². The second-order valence-electron chi connectivity index (χ2n) is 5.01. The quantitative estimate of drug-likeness (QED) is 0.850. The van der Waals surface area contributed by atoms with Crippen molar-refractivity contribution in [1.29, 1.82) is 0 Å². The van der Waals surface area contributed by atoms with Crippen molar-refractivity contribution < 1.29 is 9.32 Å². The Morgan fingerprint density at radius 3 is 2.80 bits per heavy atom. The Labute approximate surface area is 122 Å². The molecular weight excluding hydrogens is 274 g/mol. The van der Waals surface area contributed by atoms with E-state index in [1.807, 2.05) is 18.4 Å². The van der Waals surface area contributed by atoms with Gasteiger partial charge in [-0.25, -0.2) is 0 Å². The van der Waals surface area contributed by atoms with Gasteiger partial charge in [0.25, 0.3) is 5.91 Å². The Kier molecular flexibility index (Phi) is 4.54. The van der Waals surface area contributed by atoms with E-state index < -0.39 is 0 Å². The number of carbonyl (C=O) groups is 1. The SMILES string of the molecule is CCc1nc(CN(C)C(=O)c2csc(C(C)C)c2)no1. The van der Waals surface area contributed by atoms with Gasteiger partial charge in [-0.2, -0.15) is 4.98 Å². The first-order valence-electron chi connectivity index (χ1n) is 6.66. The predicted octanol–water partition coefficient (Wildman–Crippen LogP) is 3.09. The zero-order chi connectivity index (χ0) is 14.7. The molecule has 0 bridgehead atoms. The van der Waals surface area contributed by atoms with E-state index in [4.69, 9.17) is 4.52 Å². The van der Waals surface area contributed by atoms with Crippen LogP contribution in [0.1, 0.15) is 53.6 Å². The van der Waals surface area contributed by atoms with E-state index in [1.54, 1.807) is 23.3 Å². The van der Waals surface area contributed by atoms with Crippen molar-refractivity contribution in [2.45, 2.75) is 39.7 Å². The Bertz CT molecular complexity index is 589. The summed E-state index contributed by atoms with van der Waals surface area (Å²) in [7, 11) is 1.75. The summed E-state index contributed by atoms with van der Waals surface area (Å²) in [5.41, 5.74) is 0.723. The lowest BCUT2D eigenvalue weighted by molar-refractivity contribution is 0.0781. The van der Waals surface area contributed by atoms with Gasteiger partial charge in [0.1, 0.15) is 0 Å². The highest BCUT2D eigenvalue weighted by Crippen LogP contribution is 2.24. The molecule has 2 heterocycles. The predicted molar refractivity (Wildman–Crippen MR) is 77.9 cm³/mol. The Morgan fingerprint density at radius 2 is 2.25 bits per heavy atom. The minimum atomic E-state index is -0.0176. The zero-order valence-corrected chi connectivity index (χ0v) is 13.0. The van der Waals surface area contributed by atoms with Crippen molar-refractivity contribution in [1.82, 2.24) is 15.0 Å². The summed E-state index contributed by atoms with van der Waals surface area (Å²) < 4.78 is 5.04. The second-order valence-corrected chi connectivity index (χ2v) is 5.95. The summed E-state index contributed by atoms with van der Waals surface area (Å²) in [5.74, 6) is 1.56. The molecule has 0 atom stereocenters. The number of hydrogen-bond donors (Lipinski definition) is 0. The molecule has 1 amide bonds. The highest BCUT2D eigenvalue weighted by Gasteiger charge is 2.17. The van der Waals surface area contributed by atoms with Gasteiger partial charge in [0, 0.05) is 23.7 Å². The maximum Gasteiger partial charge on any atom is 0.254 e. The van der Waals surface area contributed by atoms with Crippen LogP contribution in [0.5, 0.6) is 0 Å². The molecule has 2 rings (SSSR count). The number of aromatic nitrogens is 2. The number of carbonyl (C=O) groups excluding carboxylic acids is 1. The third-order valence-corrected chi connectivity index (χ3v) is 4.21. The lowest BCUT2D eigenvalue weighted by atomic mass is 10.1. The van der Waals surface area contributed by atoms with Crippen LogP contribution in [0.25, 0.3) is 0 Å². The summed E-state index contributed by atoms with van der Waals surface area (Å²) in [5, 5.41) is 5.76. The van der Waals surface area contributed by atoms with E-state index in [2.05, 4.69) is 24.0 Å². The van der Waals surface area contributed by atoms with Crippen LogP contribution in [-0.4, -0.2) is 28.0 Å². The number of nitrogens with zero attached hydrogens (tertiary/aromatic N) is 3. The maximum atomic E-state index is 12.3. The fraction of sp³-hybridized carbons (Fsp3) is 0.500. The summed E-state index contributed by atoms with van der Waals surface area (Å²) in [6.45, 7) is 6.55. The first-order valence-corrected chi connectivity index (χ1v) is 7.54. The molecule has 6 heteroatoms. The molecule has 0 saturated heterocycles. The van der Waals surface area contributed by atoms with Crippen LogP contribution in [0.4, 0.5) is 0 Å². The van der Waals surface area contributed by atoms with Crippen LogP contribution < -0.4 is 0 Å². The highest BCUT2D eigenvalue weighted by atomic mass is 32.1. The van der Waals surface area contributed by atoms with Crippen molar-refractivity contribution in [3.8, 4) is 0 Å². The minimum absolute atomic E-state index is 0.0176.